The molecule has 0 amide bonds. The number of unbranched alkanes of at least 4 members (excludes halogenated alkanes) is 1. The molecule has 0 rings (SSSR count). The van der Waals surface area contributed by atoms with Gasteiger partial charge in [0.25, 0.3) is 5.97 Å². The Morgan fingerprint density at radius 2 is 2.00 bits per heavy atom. The molecular weight excluding hydrogens is 188 g/mol. The van der Waals surface area contributed by atoms with Gasteiger partial charge in [-0.25, -0.2) is 0 Å². The average molecular weight is 208 g/mol. The molecule has 0 heterocycles. The van der Waals surface area contributed by atoms with Crippen LogP contribution < -0.4 is 0 Å². The molecule has 3 N–H and O–H groups in total. The van der Waals surface area contributed by atoms with Crippen LogP contribution in [0.3, 0.4) is 0 Å². The third-order valence-corrected chi connectivity index (χ3v) is 1.16. The third kappa shape index (κ3) is 22.5. The van der Waals surface area contributed by atoms with Gasteiger partial charge in [0.15, 0.2) is 0 Å². The van der Waals surface area contributed by atoms with Gasteiger partial charge in [-0.3, -0.25) is 4.79 Å². The van der Waals surface area contributed by atoms with Crippen LogP contribution in [0.25, 0.3) is 0 Å². The molecule has 0 fully saturated rings. The van der Waals surface area contributed by atoms with Crippen LogP contribution >= 0.6 is 0 Å². The van der Waals surface area contributed by atoms with Crippen LogP contribution in [0.1, 0.15) is 26.7 Å². The SMILES string of the molecule is CC(=O)O.CCCCOCC(O)CO. The first kappa shape index (κ1) is 15.8. The molecule has 5 nitrogen and oxygen atoms in total. The molecular formula is C9H20O5. The van der Waals surface area contributed by atoms with Crippen molar-refractivity contribution in [3.8, 4) is 0 Å². The highest BCUT2D eigenvalue weighted by Crippen LogP contribution is 1.89. The van der Waals surface area contributed by atoms with Crippen LogP contribution in [0.15, 0.2) is 0 Å². The first-order chi connectivity index (χ1) is 6.54. The van der Waals surface area contributed by atoms with Crippen molar-refractivity contribution >= 4 is 5.97 Å². The van der Waals surface area contributed by atoms with Crippen molar-refractivity contribution in [1.82, 2.24) is 0 Å². The van der Waals surface area contributed by atoms with Gasteiger partial charge < -0.3 is 20.1 Å². The van der Waals surface area contributed by atoms with E-state index in [0.29, 0.717) is 6.61 Å². The molecule has 0 saturated heterocycles. The predicted octanol–water partition coefficient (Wildman–Crippen LogP) is 0.247. The van der Waals surface area contributed by atoms with Crippen molar-refractivity contribution in [2.75, 3.05) is 19.8 Å². The summed E-state index contributed by atoms with van der Waals surface area (Å²) in [4.78, 5) is 9.00. The highest BCUT2D eigenvalue weighted by atomic mass is 16.5. The fourth-order valence-electron chi connectivity index (χ4n) is 0.518. The second-order valence-corrected chi connectivity index (χ2v) is 2.78. The smallest absolute Gasteiger partial charge is 0.300 e. The number of carboxylic acid groups (broad SMARTS) is 1. The summed E-state index contributed by atoms with van der Waals surface area (Å²) in [5.74, 6) is -0.833. The van der Waals surface area contributed by atoms with E-state index in [1.165, 1.54) is 0 Å². The molecule has 0 spiro atoms. The molecule has 0 radical (unpaired) electrons. The molecule has 0 saturated carbocycles. The Morgan fingerprint density at radius 1 is 1.50 bits per heavy atom. The Kier molecular flexibility index (Phi) is 13.9. The van der Waals surface area contributed by atoms with Crippen molar-refractivity contribution in [2.45, 2.75) is 32.8 Å². The van der Waals surface area contributed by atoms with Gasteiger partial charge in [-0.05, 0) is 6.42 Å². The van der Waals surface area contributed by atoms with Gasteiger partial charge >= 0.3 is 0 Å². The summed E-state index contributed by atoms with van der Waals surface area (Å²) < 4.78 is 5.02. The number of aliphatic hydroxyl groups excluding tert-OH is 2. The van der Waals surface area contributed by atoms with Gasteiger partial charge in [-0.1, -0.05) is 13.3 Å². The number of hydrogen-bond donors (Lipinski definition) is 3. The van der Waals surface area contributed by atoms with Crippen LogP contribution in [0.4, 0.5) is 0 Å². The molecule has 0 aromatic rings. The Hall–Kier alpha value is -0.650. The molecule has 86 valence electrons. The van der Waals surface area contributed by atoms with Gasteiger partial charge in [0.1, 0.15) is 6.10 Å². The number of carboxylic acids is 1. The van der Waals surface area contributed by atoms with Crippen molar-refractivity contribution in [2.24, 2.45) is 0 Å². The summed E-state index contributed by atoms with van der Waals surface area (Å²) in [5, 5.41) is 24.6. The zero-order valence-corrected chi connectivity index (χ0v) is 8.77. The summed E-state index contributed by atoms with van der Waals surface area (Å²) in [5.41, 5.74) is 0. The maximum Gasteiger partial charge on any atom is 0.300 e. The minimum absolute atomic E-state index is 0.216. The molecule has 5 heteroatoms. The summed E-state index contributed by atoms with van der Waals surface area (Å²) >= 11 is 0. The standard InChI is InChI=1S/C7H16O3.C2H4O2/c1-2-3-4-10-6-7(9)5-8;1-2(3)4/h7-9H,2-6H2,1H3;1H3,(H,3,4). The van der Waals surface area contributed by atoms with Crippen LogP contribution in [0, 0.1) is 0 Å². The molecule has 0 aliphatic carbocycles. The van der Waals surface area contributed by atoms with Crippen molar-refractivity contribution in [3.63, 3.8) is 0 Å². The summed E-state index contributed by atoms with van der Waals surface area (Å²) in [6.45, 7) is 3.86. The van der Waals surface area contributed by atoms with E-state index in [9.17, 15) is 0 Å². The summed E-state index contributed by atoms with van der Waals surface area (Å²) in [7, 11) is 0. The van der Waals surface area contributed by atoms with E-state index in [-0.39, 0.29) is 13.2 Å². The average Bonchev–Trinajstić information content (AvgIpc) is 2.11. The Balaban J connectivity index is 0. The van der Waals surface area contributed by atoms with Crippen LogP contribution in [0.2, 0.25) is 0 Å². The molecule has 0 bridgehead atoms. The lowest BCUT2D eigenvalue weighted by Gasteiger charge is -2.06. The van der Waals surface area contributed by atoms with E-state index in [1.807, 2.05) is 0 Å². The van der Waals surface area contributed by atoms with E-state index < -0.39 is 12.1 Å². The van der Waals surface area contributed by atoms with Crippen LogP contribution in [-0.4, -0.2) is 47.2 Å². The quantitative estimate of drug-likeness (QED) is 0.544. The maximum atomic E-state index is 9.00. The van der Waals surface area contributed by atoms with E-state index in [2.05, 4.69) is 6.92 Å². The zero-order chi connectivity index (χ0) is 11.4. The van der Waals surface area contributed by atoms with Gasteiger partial charge in [0, 0.05) is 13.5 Å². The Labute approximate surface area is 84.3 Å². The fraction of sp³-hybridized carbons (Fsp3) is 0.889. The molecule has 0 aliphatic rings. The second-order valence-electron chi connectivity index (χ2n) is 2.78. The van der Waals surface area contributed by atoms with Crippen LogP contribution in [-0.2, 0) is 9.53 Å². The number of rotatable bonds is 6. The minimum atomic E-state index is -0.833. The predicted molar refractivity (Wildman–Crippen MR) is 52.1 cm³/mol. The Bertz CT molecular complexity index is 122. The highest BCUT2D eigenvalue weighted by Gasteiger charge is 1.99. The van der Waals surface area contributed by atoms with Gasteiger partial charge in [0.2, 0.25) is 0 Å². The monoisotopic (exact) mass is 208 g/mol. The van der Waals surface area contributed by atoms with Crippen molar-refractivity contribution in [3.05, 3.63) is 0 Å². The topological polar surface area (TPSA) is 87.0 Å². The zero-order valence-electron chi connectivity index (χ0n) is 8.77. The molecule has 0 aromatic carbocycles. The summed E-state index contributed by atoms with van der Waals surface area (Å²) in [6, 6.07) is 0. The normalized spacial score (nSPS) is 11.4. The summed E-state index contributed by atoms with van der Waals surface area (Å²) in [6.07, 6.45) is 1.39. The lowest BCUT2D eigenvalue weighted by molar-refractivity contribution is -0.134. The van der Waals surface area contributed by atoms with E-state index in [4.69, 9.17) is 24.9 Å². The van der Waals surface area contributed by atoms with Gasteiger partial charge in [-0.2, -0.15) is 0 Å². The number of aliphatic hydroxyl groups is 2. The van der Waals surface area contributed by atoms with Gasteiger partial charge in [-0.15, -0.1) is 0 Å². The largest absolute Gasteiger partial charge is 0.481 e. The number of ether oxygens (including phenoxy) is 1. The van der Waals surface area contributed by atoms with Crippen molar-refractivity contribution in [1.29, 1.82) is 0 Å². The van der Waals surface area contributed by atoms with Gasteiger partial charge in [0.05, 0.1) is 13.2 Å². The number of carbonyl (C=O) groups is 1. The minimum Gasteiger partial charge on any atom is -0.481 e. The molecule has 0 aromatic heterocycles. The number of hydrogen-bond acceptors (Lipinski definition) is 4. The van der Waals surface area contributed by atoms with E-state index in [1.54, 1.807) is 0 Å². The maximum absolute atomic E-state index is 9.00. The molecule has 14 heavy (non-hydrogen) atoms. The molecule has 1 unspecified atom stereocenters. The van der Waals surface area contributed by atoms with E-state index in [0.717, 1.165) is 19.8 Å². The Morgan fingerprint density at radius 3 is 2.36 bits per heavy atom. The molecule has 0 aliphatic heterocycles. The number of aliphatic carboxylic acids is 1. The van der Waals surface area contributed by atoms with E-state index >= 15 is 0 Å². The van der Waals surface area contributed by atoms with Crippen molar-refractivity contribution < 1.29 is 24.9 Å². The first-order valence-electron chi connectivity index (χ1n) is 4.60. The van der Waals surface area contributed by atoms with Crippen LogP contribution in [0.5, 0.6) is 0 Å². The molecule has 1 atom stereocenters. The fourth-order valence-corrected chi connectivity index (χ4v) is 0.518. The highest BCUT2D eigenvalue weighted by molar-refractivity contribution is 5.62. The first-order valence-corrected chi connectivity index (χ1v) is 4.60. The lowest BCUT2D eigenvalue weighted by Crippen LogP contribution is -2.19. The third-order valence-electron chi connectivity index (χ3n) is 1.16. The second kappa shape index (κ2) is 12.3. The lowest BCUT2D eigenvalue weighted by atomic mass is 10.3.